The number of ketones is 1. The van der Waals surface area contributed by atoms with Crippen molar-refractivity contribution in [2.24, 2.45) is 0 Å². The molecule has 0 heterocycles. The second-order valence-corrected chi connectivity index (χ2v) is 6.87. The van der Waals surface area contributed by atoms with Crippen molar-refractivity contribution in [1.29, 1.82) is 0 Å². The third-order valence-electron chi connectivity index (χ3n) is 3.03. The number of nitrogens with one attached hydrogen (secondary N) is 1. The third kappa shape index (κ3) is 4.11. The van der Waals surface area contributed by atoms with Crippen molar-refractivity contribution < 1.29 is 14.5 Å². The molecule has 0 saturated carbocycles. The van der Waals surface area contributed by atoms with E-state index in [0.29, 0.717) is 0 Å². The Kier molecular flexibility index (Phi) is 5.93. The van der Waals surface area contributed by atoms with Gasteiger partial charge in [0.2, 0.25) is 0 Å². The molecule has 2 aromatic rings. The monoisotopic (exact) mass is 430 g/mol. The van der Waals surface area contributed by atoms with Crippen LogP contribution in [-0.2, 0) is 4.79 Å². The number of benzene rings is 2. The summed E-state index contributed by atoms with van der Waals surface area (Å²) in [6.45, 7) is 0. The number of hydrogen-bond donors (Lipinski definition) is 1. The molecule has 1 atom stereocenters. The molecule has 0 fully saturated rings. The lowest BCUT2D eigenvalue weighted by molar-refractivity contribution is -0.384. The van der Waals surface area contributed by atoms with Crippen LogP contribution in [0.5, 0.6) is 0 Å². The second-order valence-electron chi connectivity index (χ2n) is 4.59. The molecular formula is C15H9BrCl2N2O4. The number of nitrogens with zero attached hydrogens (tertiary/aromatic N) is 1. The Morgan fingerprint density at radius 1 is 1.17 bits per heavy atom. The molecule has 2 aromatic carbocycles. The van der Waals surface area contributed by atoms with Crippen LogP contribution < -0.4 is 5.32 Å². The maximum atomic E-state index is 12.7. The van der Waals surface area contributed by atoms with Gasteiger partial charge in [-0.1, -0.05) is 51.3 Å². The minimum absolute atomic E-state index is 0.0598. The number of carbonyl (C=O) groups excluding carboxylic acids is 2. The van der Waals surface area contributed by atoms with E-state index >= 15 is 0 Å². The van der Waals surface area contributed by atoms with Crippen molar-refractivity contribution in [2.45, 2.75) is 4.29 Å². The Labute approximate surface area is 155 Å². The number of nitro groups is 1. The lowest BCUT2D eigenvalue weighted by Gasteiger charge is -2.11. The van der Waals surface area contributed by atoms with Crippen LogP contribution in [0.3, 0.4) is 0 Å². The number of anilines is 1. The smallest absolute Gasteiger partial charge is 0.270 e. The van der Waals surface area contributed by atoms with Crippen LogP contribution in [0.2, 0.25) is 5.02 Å². The van der Waals surface area contributed by atoms with Gasteiger partial charge in [0.25, 0.3) is 11.6 Å². The fraction of sp³-hybridized carbons (Fsp3) is 0.0667. The molecule has 1 unspecified atom stereocenters. The highest BCUT2D eigenvalue weighted by atomic mass is 79.9. The first-order valence-electron chi connectivity index (χ1n) is 6.48. The molecular weight excluding hydrogens is 423 g/mol. The minimum atomic E-state index is -1.02. The van der Waals surface area contributed by atoms with E-state index in [1.165, 1.54) is 24.3 Å². The number of non-ortho nitro benzene ring substituents is 1. The molecule has 0 radical (unpaired) electrons. The summed E-state index contributed by atoms with van der Waals surface area (Å²) >= 11 is 14.5. The average molecular weight is 432 g/mol. The van der Waals surface area contributed by atoms with Gasteiger partial charge in [-0.15, -0.1) is 0 Å². The number of nitro benzene ring substituents is 1. The van der Waals surface area contributed by atoms with Crippen LogP contribution >= 0.6 is 39.1 Å². The van der Waals surface area contributed by atoms with Gasteiger partial charge in [-0.05, 0) is 18.2 Å². The molecule has 0 aliphatic heterocycles. The van der Waals surface area contributed by atoms with Gasteiger partial charge in [-0.25, -0.2) is 0 Å². The highest BCUT2D eigenvalue weighted by Crippen LogP contribution is 2.28. The highest BCUT2D eigenvalue weighted by Gasteiger charge is 2.22. The summed E-state index contributed by atoms with van der Waals surface area (Å²) in [6, 6.07) is 9.81. The van der Waals surface area contributed by atoms with Crippen molar-refractivity contribution >= 4 is 62.2 Å². The van der Waals surface area contributed by atoms with Gasteiger partial charge in [0.1, 0.15) is 0 Å². The van der Waals surface area contributed by atoms with E-state index in [2.05, 4.69) is 21.2 Å². The minimum Gasteiger partial charge on any atom is -0.323 e. The van der Waals surface area contributed by atoms with Gasteiger partial charge >= 0.3 is 0 Å². The van der Waals surface area contributed by atoms with E-state index in [1.54, 1.807) is 12.1 Å². The molecule has 0 spiro atoms. The van der Waals surface area contributed by atoms with Crippen molar-refractivity contribution in [3.05, 3.63) is 68.7 Å². The lowest BCUT2D eigenvalue weighted by atomic mass is 10.0. The lowest BCUT2D eigenvalue weighted by Crippen LogP contribution is -2.20. The van der Waals surface area contributed by atoms with E-state index in [1.807, 2.05) is 0 Å². The molecule has 2 rings (SSSR count). The predicted octanol–water partition coefficient (Wildman–Crippen LogP) is 4.38. The quantitative estimate of drug-likeness (QED) is 0.329. The fourth-order valence-electron chi connectivity index (χ4n) is 1.92. The van der Waals surface area contributed by atoms with Crippen molar-refractivity contribution in [2.75, 3.05) is 5.32 Å². The number of halogens is 3. The summed E-state index contributed by atoms with van der Waals surface area (Å²) in [5.41, 5.74) is -0.0859. The van der Waals surface area contributed by atoms with Gasteiger partial charge in [-0.3, -0.25) is 19.7 Å². The SMILES string of the molecule is O=C(c1ccccc1Cl)c1cc([N+](=O)[O-])ccc1NC(=O)C(Cl)Br. The number of carbonyl (C=O) groups is 2. The summed E-state index contributed by atoms with van der Waals surface area (Å²) in [6.07, 6.45) is 0. The normalized spacial score (nSPS) is 11.6. The molecule has 1 N–H and O–H groups in total. The van der Waals surface area contributed by atoms with Gasteiger partial charge in [0.05, 0.1) is 21.2 Å². The van der Waals surface area contributed by atoms with E-state index in [-0.39, 0.29) is 27.5 Å². The largest absolute Gasteiger partial charge is 0.323 e. The van der Waals surface area contributed by atoms with Crippen LogP contribution in [0.15, 0.2) is 42.5 Å². The predicted molar refractivity (Wildman–Crippen MR) is 95.2 cm³/mol. The Hall–Kier alpha value is -1.96. The summed E-state index contributed by atoms with van der Waals surface area (Å²) in [5.74, 6) is -1.17. The summed E-state index contributed by atoms with van der Waals surface area (Å²) in [7, 11) is 0. The van der Waals surface area contributed by atoms with E-state index in [9.17, 15) is 19.7 Å². The van der Waals surface area contributed by atoms with E-state index in [4.69, 9.17) is 23.2 Å². The van der Waals surface area contributed by atoms with Crippen LogP contribution in [0, 0.1) is 10.1 Å². The molecule has 6 nitrogen and oxygen atoms in total. The standard InChI is InChI=1S/C15H9BrCl2N2O4/c16-14(18)15(22)19-12-6-5-8(20(23)24)7-10(12)13(21)9-3-1-2-4-11(9)17/h1-7,14H,(H,19,22). The zero-order valence-corrected chi connectivity index (χ0v) is 14.9. The van der Waals surface area contributed by atoms with Crippen LogP contribution in [0.4, 0.5) is 11.4 Å². The van der Waals surface area contributed by atoms with Gasteiger partial charge in [-0.2, -0.15) is 0 Å². The van der Waals surface area contributed by atoms with Crippen LogP contribution in [-0.4, -0.2) is 20.9 Å². The molecule has 1 amide bonds. The number of hydrogen-bond acceptors (Lipinski definition) is 4. The van der Waals surface area contributed by atoms with Crippen molar-refractivity contribution in [1.82, 2.24) is 0 Å². The zero-order chi connectivity index (χ0) is 17.9. The molecule has 24 heavy (non-hydrogen) atoms. The maximum absolute atomic E-state index is 12.7. The molecule has 0 aliphatic rings. The van der Waals surface area contributed by atoms with E-state index in [0.717, 1.165) is 6.07 Å². The fourth-order valence-corrected chi connectivity index (χ4v) is 2.31. The van der Waals surface area contributed by atoms with Gasteiger partial charge < -0.3 is 5.32 Å². The topological polar surface area (TPSA) is 89.3 Å². The first kappa shape index (κ1) is 18.4. The molecule has 0 aromatic heterocycles. The second kappa shape index (κ2) is 7.74. The number of rotatable bonds is 5. The first-order chi connectivity index (χ1) is 11.3. The Morgan fingerprint density at radius 3 is 2.42 bits per heavy atom. The summed E-state index contributed by atoms with van der Waals surface area (Å²) < 4.78 is -1.02. The maximum Gasteiger partial charge on any atom is 0.270 e. The molecule has 124 valence electrons. The van der Waals surface area contributed by atoms with E-state index < -0.39 is 20.9 Å². The van der Waals surface area contributed by atoms with Crippen LogP contribution in [0.1, 0.15) is 15.9 Å². The van der Waals surface area contributed by atoms with Crippen molar-refractivity contribution in [3.63, 3.8) is 0 Å². The number of alkyl halides is 2. The molecule has 0 bridgehead atoms. The first-order valence-corrected chi connectivity index (χ1v) is 8.21. The Balaban J connectivity index is 2.54. The Morgan fingerprint density at radius 2 is 1.83 bits per heavy atom. The molecule has 0 aliphatic carbocycles. The van der Waals surface area contributed by atoms with Gasteiger partial charge in [0, 0.05) is 17.7 Å². The Bertz CT molecular complexity index is 827. The third-order valence-corrected chi connectivity index (χ3v) is 3.98. The molecule has 0 saturated heterocycles. The average Bonchev–Trinajstić information content (AvgIpc) is 2.54. The summed E-state index contributed by atoms with van der Waals surface area (Å²) in [5, 5.41) is 13.6. The van der Waals surface area contributed by atoms with Crippen LogP contribution in [0.25, 0.3) is 0 Å². The highest BCUT2D eigenvalue weighted by molar-refractivity contribution is 9.10. The summed E-state index contributed by atoms with van der Waals surface area (Å²) in [4.78, 5) is 34.8. The number of amides is 1. The van der Waals surface area contributed by atoms with Crippen molar-refractivity contribution in [3.8, 4) is 0 Å². The van der Waals surface area contributed by atoms with Gasteiger partial charge in [0.15, 0.2) is 10.1 Å². The molecule has 9 heteroatoms. The zero-order valence-electron chi connectivity index (χ0n) is 11.8.